The monoisotopic (exact) mass is 375 g/mol. The summed E-state index contributed by atoms with van der Waals surface area (Å²) in [4.78, 5) is 32.4. The number of carbonyl (C=O) groups is 2. The van der Waals surface area contributed by atoms with Crippen molar-refractivity contribution in [1.82, 2.24) is 14.7 Å². The molecular formula is C20H29N3O2S. The molecule has 0 unspecified atom stereocenters. The van der Waals surface area contributed by atoms with Gasteiger partial charge < -0.3 is 9.80 Å². The van der Waals surface area contributed by atoms with Crippen molar-refractivity contribution >= 4 is 23.6 Å². The number of carbonyl (C=O) groups excluding carboxylic acids is 2. The van der Waals surface area contributed by atoms with Gasteiger partial charge in [-0.05, 0) is 43.4 Å². The summed E-state index contributed by atoms with van der Waals surface area (Å²) in [5.41, 5.74) is 0.747. The molecule has 0 spiro atoms. The lowest BCUT2D eigenvalue weighted by atomic mass is 10.2. The van der Waals surface area contributed by atoms with Crippen LogP contribution >= 0.6 is 11.8 Å². The zero-order valence-electron chi connectivity index (χ0n) is 15.7. The standard InChI is InChI=1S/C20H29N3O2S/c1-26-18-8-6-17(7-9-18)20(25)23-14-12-21(13-15-23)16-19(24)22-10-4-2-3-5-11-22/h6-9H,2-5,10-16H2,1H3. The Labute approximate surface area is 160 Å². The van der Waals surface area contributed by atoms with Crippen molar-refractivity contribution in [3.8, 4) is 0 Å². The van der Waals surface area contributed by atoms with Crippen molar-refractivity contribution in [2.45, 2.75) is 30.6 Å². The number of amides is 2. The molecule has 26 heavy (non-hydrogen) atoms. The molecule has 6 heteroatoms. The normalized spacial score (nSPS) is 19.3. The molecule has 2 saturated heterocycles. The van der Waals surface area contributed by atoms with Crippen LogP contribution < -0.4 is 0 Å². The lowest BCUT2D eigenvalue weighted by Crippen LogP contribution is -2.51. The van der Waals surface area contributed by atoms with E-state index < -0.39 is 0 Å². The average Bonchev–Trinajstić information content (AvgIpc) is 2.98. The minimum absolute atomic E-state index is 0.0937. The topological polar surface area (TPSA) is 43.9 Å². The van der Waals surface area contributed by atoms with Crippen LogP contribution in [0.4, 0.5) is 0 Å². The van der Waals surface area contributed by atoms with Gasteiger partial charge in [0, 0.05) is 49.7 Å². The molecule has 142 valence electrons. The number of nitrogens with zero attached hydrogens (tertiary/aromatic N) is 3. The Hall–Kier alpha value is -1.53. The Morgan fingerprint density at radius 1 is 0.846 bits per heavy atom. The van der Waals surface area contributed by atoms with Crippen LogP contribution in [-0.4, -0.2) is 78.6 Å². The van der Waals surface area contributed by atoms with Gasteiger partial charge in [0.25, 0.3) is 5.91 Å². The van der Waals surface area contributed by atoms with Crippen molar-refractivity contribution in [2.75, 3.05) is 52.1 Å². The largest absolute Gasteiger partial charge is 0.342 e. The van der Waals surface area contributed by atoms with Crippen molar-refractivity contribution < 1.29 is 9.59 Å². The van der Waals surface area contributed by atoms with Crippen molar-refractivity contribution in [3.05, 3.63) is 29.8 Å². The first-order valence-corrected chi connectivity index (χ1v) is 10.8. The summed E-state index contributed by atoms with van der Waals surface area (Å²) in [6.45, 7) is 5.23. The second-order valence-corrected chi connectivity index (χ2v) is 7.97. The maximum atomic E-state index is 12.6. The molecule has 2 heterocycles. The van der Waals surface area contributed by atoms with Crippen molar-refractivity contribution in [2.24, 2.45) is 0 Å². The molecular weight excluding hydrogens is 346 g/mol. The van der Waals surface area contributed by atoms with E-state index in [9.17, 15) is 9.59 Å². The quantitative estimate of drug-likeness (QED) is 0.759. The summed E-state index contributed by atoms with van der Waals surface area (Å²) >= 11 is 1.68. The fourth-order valence-corrected chi connectivity index (χ4v) is 4.04. The van der Waals surface area contributed by atoms with Gasteiger partial charge in [0.05, 0.1) is 6.54 Å². The van der Waals surface area contributed by atoms with Gasteiger partial charge in [-0.2, -0.15) is 0 Å². The second-order valence-electron chi connectivity index (χ2n) is 7.09. The predicted molar refractivity (Wildman–Crippen MR) is 106 cm³/mol. The first kappa shape index (κ1) is 19.2. The Morgan fingerprint density at radius 3 is 2.04 bits per heavy atom. The van der Waals surface area contributed by atoms with Crippen LogP contribution in [0.2, 0.25) is 0 Å². The number of likely N-dealkylation sites (tertiary alicyclic amines) is 1. The molecule has 2 fully saturated rings. The molecule has 2 aliphatic rings. The van der Waals surface area contributed by atoms with E-state index in [2.05, 4.69) is 4.90 Å². The highest BCUT2D eigenvalue weighted by Gasteiger charge is 2.25. The Morgan fingerprint density at radius 2 is 1.46 bits per heavy atom. The fraction of sp³-hybridized carbons (Fsp3) is 0.600. The van der Waals surface area contributed by atoms with E-state index in [1.165, 1.54) is 17.7 Å². The lowest BCUT2D eigenvalue weighted by Gasteiger charge is -2.35. The van der Waals surface area contributed by atoms with Crippen LogP contribution in [0.25, 0.3) is 0 Å². The molecule has 0 saturated carbocycles. The molecule has 2 amide bonds. The molecule has 0 N–H and O–H groups in total. The van der Waals surface area contributed by atoms with Crippen molar-refractivity contribution in [3.63, 3.8) is 0 Å². The van der Waals surface area contributed by atoms with Crippen LogP contribution in [0.1, 0.15) is 36.0 Å². The number of hydrogen-bond acceptors (Lipinski definition) is 4. The maximum Gasteiger partial charge on any atom is 0.253 e. The average molecular weight is 376 g/mol. The summed E-state index contributed by atoms with van der Waals surface area (Å²) in [5.74, 6) is 0.343. The van der Waals surface area contributed by atoms with E-state index in [-0.39, 0.29) is 11.8 Å². The molecule has 1 aromatic carbocycles. The summed E-state index contributed by atoms with van der Waals surface area (Å²) in [6, 6.07) is 7.80. The van der Waals surface area contributed by atoms with Crippen LogP contribution in [0.3, 0.4) is 0 Å². The molecule has 0 aliphatic carbocycles. The highest BCUT2D eigenvalue weighted by Crippen LogP contribution is 2.17. The smallest absolute Gasteiger partial charge is 0.253 e. The van der Waals surface area contributed by atoms with Gasteiger partial charge in [-0.25, -0.2) is 0 Å². The summed E-state index contributed by atoms with van der Waals surface area (Å²) < 4.78 is 0. The zero-order valence-corrected chi connectivity index (χ0v) is 16.5. The van der Waals surface area contributed by atoms with E-state index in [0.29, 0.717) is 19.6 Å². The minimum atomic E-state index is 0.0937. The first-order valence-electron chi connectivity index (χ1n) is 9.61. The zero-order chi connectivity index (χ0) is 18.4. The predicted octanol–water partition coefficient (Wildman–Crippen LogP) is 2.57. The molecule has 3 rings (SSSR count). The SMILES string of the molecule is CSc1ccc(C(=O)N2CCN(CC(=O)N3CCCCCC3)CC2)cc1. The third kappa shape index (κ3) is 5.01. The van der Waals surface area contributed by atoms with Gasteiger partial charge in [0.2, 0.25) is 5.91 Å². The van der Waals surface area contributed by atoms with Gasteiger partial charge in [-0.15, -0.1) is 11.8 Å². The van der Waals surface area contributed by atoms with Gasteiger partial charge in [-0.1, -0.05) is 12.8 Å². The minimum Gasteiger partial charge on any atom is -0.342 e. The molecule has 0 radical (unpaired) electrons. The summed E-state index contributed by atoms with van der Waals surface area (Å²) in [7, 11) is 0. The van der Waals surface area contributed by atoms with Crippen LogP contribution in [-0.2, 0) is 4.79 Å². The number of hydrogen-bond donors (Lipinski definition) is 0. The van der Waals surface area contributed by atoms with Gasteiger partial charge >= 0.3 is 0 Å². The molecule has 1 aromatic rings. The second kappa shape index (κ2) is 9.42. The number of benzene rings is 1. The van der Waals surface area contributed by atoms with E-state index in [1.54, 1.807) is 11.8 Å². The maximum absolute atomic E-state index is 12.6. The first-order chi connectivity index (χ1) is 12.7. The third-order valence-corrected chi connectivity index (χ3v) is 6.06. The molecule has 0 bridgehead atoms. The van der Waals surface area contributed by atoms with Crippen LogP contribution in [0, 0.1) is 0 Å². The fourth-order valence-electron chi connectivity index (χ4n) is 3.64. The summed E-state index contributed by atoms with van der Waals surface area (Å²) in [5, 5.41) is 0. The van der Waals surface area contributed by atoms with Gasteiger partial charge in [0.1, 0.15) is 0 Å². The van der Waals surface area contributed by atoms with E-state index in [0.717, 1.165) is 44.6 Å². The Bertz CT molecular complexity index is 604. The number of rotatable bonds is 4. The van der Waals surface area contributed by atoms with Gasteiger partial charge in [-0.3, -0.25) is 14.5 Å². The van der Waals surface area contributed by atoms with E-state index in [1.807, 2.05) is 40.3 Å². The highest BCUT2D eigenvalue weighted by atomic mass is 32.2. The van der Waals surface area contributed by atoms with E-state index in [4.69, 9.17) is 0 Å². The third-order valence-electron chi connectivity index (χ3n) is 5.31. The molecule has 2 aliphatic heterocycles. The number of thioether (sulfide) groups is 1. The van der Waals surface area contributed by atoms with Crippen LogP contribution in [0.15, 0.2) is 29.2 Å². The van der Waals surface area contributed by atoms with E-state index >= 15 is 0 Å². The Kier molecular flexibility index (Phi) is 6.97. The highest BCUT2D eigenvalue weighted by molar-refractivity contribution is 7.98. The lowest BCUT2D eigenvalue weighted by molar-refractivity contribution is -0.132. The molecule has 5 nitrogen and oxygen atoms in total. The number of piperazine rings is 1. The van der Waals surface area contributed by atoms with Crippen LogP contribution in [0.5, 0.6) is 0 Å². The van der Waals surface area contributed by atoms with Gasteiger partial charge in [0.15, 0.2) is 0 Å². The Balaban J connectivity index is 1.47. The van der Waals surface area contributed by atoms with Crippen molar-refractivity contribution in [1.29, 1.82) is 0 Å². The molecule has 0 atom stereocenters. The summed E-state index contributed by atoms with van der Waals surface area (Å²) in [6.07, 6.45) is 6.76. The molecule has 0 aromatic heterocycles.